The van der Waals surface area contributed by atoms with E-state index < -0.39 is 70.4 Å². The number of fused-ring (bicyclic) bond motifs is 5. The Balaban J connectivity index is 0.00000480. The van der Waals surface area contributed by atoms with Crippen LogP contribution in [0.5, 0.6) is 5.75 Å². The molecule has 12 nitrogen and oxygen atoms in total. The number of carbonyl (C=O) groups is 3. The fraction of sp³-hybridized carbons (Fsp3) is 0.516. The molecule has 2 bridgehead atoms. The van der Waals surface area contributed by atoms with Gasteiger partial charge < -0.3 is 33.8 Å². The lowest BCUT2D eigenvalue weighted by Crippen LogP contribution is -2.52. The van der Waals surface area contributed by atoms with E-state index in [1.807, 2.05) is 13.8 Å². The number of amides is 2. The van der Waals surface area contributed by atoms with Crippen molar-refractivity contribution in [2.45, 2.75) is 96.9 Å². The van der Waals surface area contributed by atoms with Gasteiger partial charge in [0.05, 0.1) is 17.9 Å². The Morgan fingerprint density at radius 2 is 2.00 bits per heavy atom. The minimum atomic E-state index is -1.34. The van der Waals surface area contributed by atoms with E-state index >= 15 is 0 Å². The fourth-order valence-corrected chi connectivity index (χ4v) is 5.97. The maximum atomic E-state index is 14.3. The summed E-state index contributed by atoms with van der Waals surface area (Å²) in [5, 5.41) is 6.71. The standard InChI is InChI=1S/C31H36F2N4O8.H2/c1-6-24(44-30(41)42-16(2)3)43-27-25-29(40)36-15-23(31(10-9-18(36)5)12-17(4)35-45-31)37(25)14-21(26(27)38)28(39)34-13-19-7-8-20(32)11-22(19)33;/h7-8,11,14,16,18,23-24H,6,9-10,12-13,15H2,1-5H3,(H,34,39);1H/t18-,23+,24?,31-;/m0./s1. The van der Waals surface area contributed by atoms with Gasteiger partial charge in [-0.05, 0) is 46.6 Å². The normalized spacial score (nSPS) is 22.7. The SMILES string of the molecule is CCC(OC(=O)OC(C)C)Oc1c2n(cc(C(=O)NCc3ccc(F)cc3F)c1=O)[C@@H]1CN(C2=O)[C@@H](C)CC[C@]12CC(C)=NO2.[HH]. The highest BCUT2D eigenvalue weighted by Crippen LogP contribution is 2.46. The highest BCUT2D eigenvalue weighted by molar-refractivity contribution is 5.99. The summed E-state index contributed by atoms with van der Waals surface area (Å²) in [6, 6.07) is 2.13. The van der Waals surface area contributed by atoms with Crippen molar-refractivity contribution in [3.8, 4) is 5.75 Å². The molecule has 0 saturated carbocycles. The summed E-state index contributed by atoms with van der Waals surface area (Å²) in [4.78, 5) is 61.6. The van der Waals surface area contributed by atoms with Gasteiger partial charge in [-0.25, -0.2) is 13.6 Å². The van der Waals surface area contributed by atoms with Gasteiger partial charge in [-0.2, -0.15) is 0 Å². The third-order valence-corrected chi connectivity index (χ3v) is 8.27. The topological polar surface area (TPSA) is 138 Å². The van der Waals surface area contributed by atoms with Gasteiger partial charge in [-0.1, -0.05) is 18.1 Å². The van der Waals surface area contributed by atoms with Crippen LogP contribution < -0.4 is 15.5 Å². The molecule has 3 aliphatic heterocycles. The molecule has 244 valence electrons. The van der Waals surface area contributed by atoms with Crippen LogP contribution in [-0.4, -0.2) is 63.7 Å². The van der Waals surface area contributed by atoms with Gasteiger partial charge >= 0.3 is 6.16 Å². The van der Waals surface area contributed by atoms with Crippen LogP contribution in [0.15, 0.2) is 34.3 Å². The van der Waals surface area contributed by atoms with Gasteiger partial charge in [0, 0.05) is 51.2 Å². The molecule has 1 N–H and O–H groups in total. The largest absolute Gasteiger partial charge is 0.511 e. The predicted octanol–water partition coefficient (Wildman–Crippen LogP) is 4.69. The molecule has 1 saturated heterocycles. The van der Waals surface area contributed by atoms with Crippen molar-refractivity contribution in [3.63, 3.8) is 0 Å². The van der Waals surface area contributed by atoms with Crippen LogP contribution in [0.4, 0.5) is 13.6 Å². The molecule has 0 aliphatic carbocycles. The van der Waals surface area contributed by atoms with E-state index in [1.165, 1.54) is 16.8 Å². The first-order chi connectivity index (χ1) is 21.3. The molecule has 5 rings (SSSR count). The molecule has 1 fully saturated rings. The van der Waals surface area contributed by atoms with E-state index in [0.717, 1.165) is 11.8 Å². The number of ether oxygens (including phenoxy) is 3. The number of pyridine rings is 1. The number of hydrogen-bond donors (Lipinski definition) is 1. The van der Waals surface area contributed by atoms with E-state index in [4.69, 9.17) is 19.0 Å². The number of carbonyl (C=O) groups excluding carboxylic acids is 3. The van der Waals surface area contributed by atoms with Gasteiger partial charge in [0.2, 0.25) is 17.5 Å². The second-order valence-corrected chi connectivity index (χ2v) is 11.9. The van der Waals surface area contributed by atoms with Crippen molar-refractivity contribution >= 4 is 23.7 Å². The van der Waals surface area contributed by atoms with Crippen molar-refractivity contribution in [2.24, 2.45) is 5.16 Å². The first-order valence-corrected chi connectivity index (χ1v) is 14.9. The van der Waals surface area contributed by atoms with Crippen molar-refractivity contribution in [3.05, 3.63) is 63.1 Å². The van der Waals surface area contributed by atoms with Gasteiger partial charge in [0.15, 0.2) is 11.3 Å². The molecule has 45 heavy (non-hydrogen) atoms. The first kappa shape index (κ1) is 31.9. The lowest BCUT2D eigenvalue weighted by Gasteiger charge is -2.42. The lowest BCUT2D eigenvalue weighted by atomic mass is 9.84. The van der Waals surface area contributed by atoms with Crippen LogP contribution in [0, 0.1) is 11.6 Å². The van der Waals surface area contributed by atoms with Gasteiger partial charge in [-0.3, -0.25) is 14.4 Å². The van der Waals surface area contributed by atoms with Crippen LogP contribution in [-0.2, 0) is 20.9 Å². The molecule has 2 amide bonds. The molecule has 1 unspecified atom stereocenters. The van der Waals surface area contributed by atoms with E-state index in [0.29, 0.717) is 25.3 Å². The van der Waals surface area contributed by atoms with E-state index in [1.54, 1.807) is 25.7 Å². The molecular weight excluding hydrogens is 594 g/mol. The maximum absolute atomic E-state index is 14.3. The Bertz CT molecular complexity index is 1620. The summed E-state index contributed by atoms with van der Waals surface area (Å²) in [6.07, 6.45) is 0.0848. The van der Waals surface area contributed by atoms with Gasteiger partial charge in [0.1, 0.15) is 17.2 Å². The molecule has 4 atom stereocenters. The number of hydrogen-bond acceptors (Lipinski definition) is 9. The van der Waals surface area contributed by atoms with E-state index in [2.05, 4.69) is 10.5 Å². The molecule has 1 aromatic heterocycles. The van der Waals surface area contributed by atoms with Crippen LogP contribution in [0.25, 0.3) is 0 Å². The Morgan fingerprint density at radius 1 is 1.24 bits per heavy atom. The Morgan fingerprint density at radius 3 is 2.64 bits per heavy atom. The molecule has 1 spiro atoms. The number of aromatic nitrogens is 1. The second kappa shape index (κ2) is 12.5. The summed E-state index contributed by atoms with van der Waals surface area (Å²) in [7, 11) is 0. The summed E-state index contributed by atoms with van der Waals surface area (Å²) < 4.78 is 45.5. The smallest absolute Gasteiger partial charge is 0.448 e. The predicted molar refractivity (Wildman–Crippen MR) is 158 cm³/mol. The number of benzene rings is 1. The second-order valence-electron chi connectivity index (χ2n) is 11.9. The average molecular weight is 633 g/mol. The monoisotopic (exact) mass is 632 g/mol. The number of nitrogens with zero attached hydrogens (tertiary/aromatic N) is 3. The van der Waals surface area contributed by atoms with Crippen LogP contribution >= 0.6 is 0 Å². The Labute approximate surface area is 259 Å². The molecule has 4 heterocycles. The fourth-order valence-electron chi connectivity index (χ4n) is 5.97. The van der Waals surface area contributed by atoms with Crippen LogP contribution in [0.2, 0.25) is 0 Å². The molecule has 14 heteroatoms. The number of oxime groups is 1. The lowest BCUT2D eigenvalue weighted by molar-refractivity contribution is -0.0755. The summed E-state index contributed by atoms with van der Waals surface area (Å²) in [5.74, 6) is -3.52. The summed E-state index contributed by atoms with van der Waals surface area (Å²) in [5.41, 5.74) is -1.58. The minimum absolute atomic E-state index is 0. The third kappa shape index (κ3) is 6.22. The maximum Gasteiger partial charge on any atom is 0.511 e. The van der Waals surface area contributed by atoms with Crippen molar-refractivity contribution in [2.75, 3.05) is 6.54 Å². The van der Waals surface area contributed by atoms with E-state index in [9.17, 15) is 28.0 Å². The van der Waals surface area contributed by atoms with Crippen molar-refractivity contribution in [1.82, 2.24) is 14.8 Å². The highest BCUT2D eigenvalue weighted by Gasteiger charge is 2.54. The zero-order valence-electron chi connectivity index (χ0n) is 25.7. The Hall–Kier alpha value is -4.49. The number of nitrogens with one attached hydrogen (secondary N) is 1. The Kier molecular flexibility index (Phi) is 8.86. The number of rotatable bonds is 8. The molecular formula is C31H38F2N4O8. The quantitative estimate of drug-likeness (QED) is 0.327. The summed E-state index contributed by atoms with van der Waals surface area (Å²) in [6.45, 7) is 8.51. The highest BCUT2D eigenvalue weighted by atomic mass is 19.1. The zero-order chi connectivity index (χ0) is 32.6. The van der Waals surface area contributed by atoms with E-state index in [-0.39, 0.29) is 38.2 Å². The third-order valence-electron chi connectivity index (χ3n) is 8.27. The minimum Gasteiger partial charge on any atom is -0.448 e. The average Bonchev–Trinajstić information content (AvgIpc) is 3.31. The zero-order valence-corrected chi connectivity index (χ0v) is 25.7. The molecule has 2 aromatic rings. The number of halogens is 2. The summed E-state index contributed by atoms with van der Waals surface area (Å²) >= 11 is 0. The van der Waals surface area contributed by atoms with Crippen LogP contribution in [0.1, 0.15) is 94.2 Å². The molecule has 1 aromatic carbocycles. The van der Waals surface area contributed by atoms with Crippen molar-refractivity contribution < 1.29 is 43.6 Å². The molecule has 3 aliphatic rings. The van der Waals surface area contributed by atoms with Crippen LogP contribution in [0.3, 0.4) is 0 Å². The van der Waals surface area contributed by atoms with Crippen molar-refractivity contribution in [1.29, 1.82) is 0 Å². The first-order valence-electron chi connectivity index (χ1n) is 14.9. The van der Waals surface area contributed by atoms with Gasteiger partial charge in [-0.15, -0.1) is 0 Å². The van der Waals surface area contributed by atoms with Gasteiger partial charge in [0.25, 0.3) is 11.8 Å². The molecule has 0 radical (unpaired) electrons.